The van der Waals surface area contributed by atoms with Crippen LogP contribution < -0.4 is 14.4 Å². The van der Waals surface area contributed by atoms with Crippen LogP contribution in [-0.4, -0.2) is 46.3 Å². The minimum absolute atomic E-state index is 0.108. The monoisotopic (exact) mass is 561 g/mol. The van der Waals surface area contributed by atoms with Crippen LogP contribution in [0.5, 0.6) is 17.2 Å². The summed E-state index contributed by atoms with van der Waals surface area (Å²) in [4.78, 5) is 28.0. The standard InChI is InChI=1S/C28H23N3O6S2/c1-36-19-11-8-17(9-12-19)24(33)22-23(18-10-13-20(32)21(14-18)37-2)31(26(35)25(22)34)27-29-30-28(39-27)38-15-16-6-4-3-5-7-16/h3-14,23,32-33H,15H2,1-2H3/b24-22-. The summed E-state index contributed by atoms with van der Waals surface area (Å²) in [7, 11) is 2.92. The lowest BCUT2D eigenvalue weighted by atomic mass is 9.95. The predicted octanol–water partition coefficient (Wildman–Crippen LogP) is 5.18. The van der Waals surface area contributed by atoms with E-state index >= 15 is 0 Å². The molecule has 1 aromatic heterocycles. The van der Waals surface area contributed by atoms with Gasteiger partial charge in [-0.2, -0.15) is 0 Å². The van der Waals surface area contributed by atoms with Crippen LogP contribution in [0.3, 0.4) is 0 Å². The molecule has 0 saturated carbocycles. The van der Waals surface area contributed by atoms with Gasteiger partial charge in [0.15, 0.2) is 15.8 Å². The van der Waals surface area contributed by atoms with Gasteiger partial charge in [0.25, 0.3) is 5.78 Å². The highest BCUT2D eigenvalue weighted by molar-refractivity contribution is 8.00. The Bertz CT molecular complexity index is 1550. The van der Waals surface area contributed by atoms with Crippen molar-refractivity contribution in [2.75, 3.05) is 19.1 Å². The van der Waals surface area contributed by atoms with Gasteiger partial charge in [0.05, 0.1) is 25.8 Å². The highest BCUT2D eigenvalue weighted by Crippen LogP contribution is 2.45. The van der Waals surface area contributed by atoms with Gasteiger partial charge in [-0.25, -0.2) is 0 Å². The Labute approximate surface area is 232 Å². The van der Waals surface area contributed by atoms with Crippen molar-refractivity contribution < 1.29 is 29.3 Å². The average Bonchev–Trinajstić information content (AvgIpc) is 3.54. The fourth-order valence-electron chi connectivity index (χ4n) is 4.19. The van der Waals surface area contributed by atoms with Crippen molar-refractivity contribution in [3.8, 4) is 17.2 Å². The maximum Gasteiger partial charge on any atom is 0.301 e. The van der Waals surface area contributed by atoms with Crippen molar-refractivity contribution in [1.82, 2.24) is 10.2 Å². The van der Waals surface area contributed by atoms with E-state index in [2.05, 4.69) is 10.2 Å². The molecule has 198 valence electrons. The number of aromatic nitrogens is 2. The van der Waals surface area contributed by atoms with Crippen LogP contribution in [0, 0.1) is 0 Å². The Morgan fingerprint density at radius 2 is 1.74 bits per heavy atom. The van der Waals surface area contributed by atoms with E-state index in [-0.39, 0.29) is 28.0 Å². The molecule has 1 unspecified atom stereocenters. The molecular formula is C28H23N3O6S2. The van der Waals surface area contributed by atoms with Crippen LogP contribution in [0.4, 0.5) is 5.13 Å². The first kappa shape index (κ1) is 26.3. The molecule has 0 spiro atoms. The van der Waals surface area contributed by atoms with Crippen molar-refractivity contribution in [1.29, 1.82) is 0 Å². The van der Waals surface area contributed by atoms with Gasteiger partial charge in [-0.1, -0.05) is 59.5 Å². The summed E-state index contributed by atoms with van der Waals surface area (Å²) in [6.45, 7) is 0. The van der Waals surface area contributed by atoms with Crippen LogP contribution >= 0.6 is 23.1 Å². The highest BCUT2D eigenvalue weighted by Gasteiger charge is 2.48. The number of methoxy groups -OCH3 is 2. The fraction of sp³-hybridized carbons (Fsp3) is 0.143. The first-order valence-electron chi connectivity index (χ1n) is 11.7. The summed E-state index contributed by atoms with van der Waals surface area (Å²) in [6, 6.07) is 19.8. The van der Waals surface area contributed by atoms with E-state index in [1.54, 1.807) is 30.3 Å². The van der Waals surface area contributed by atoms with Gasteiger partial charge >= 0.3 is 5.91 Å². The smallest absolute Gasteiger partial charge is 0.301 e. The maximum atomic E-state index is 13.4. The van der Waals surface area contributed by atoms with Crippen molar-refractivity contribution in [3.05, 3.63) is 95.1 Å². The second-order valence-corrected chi connectivity index (χ2v) is 10.6. The number of phenolic OH excluding ortho intramolecular Hbond substituents is 1. The molecule has 2 N–H and O–H groups in total. The minimum atomic E-state index is -1.04. The number of aromatic hydroxyl groups is 1. The van der Waals surface area contributed by atoms with E-state index in [1.165, 1.54) is 54.4 Å². The number of nitrogens with zero attached hydrogens (tertiary/aromatic N) is 3. The SMILES string of the molecule is COc1ccc(/C(O)=C2/C(=O)C(=O)N(c3nnc(SCc4ccccc4)s3)C2c2ccc(O)c(OC)c2)cc1. The number of amides is 1. The second kappa shape index (κ2) is 11.2. The lowest BCUT2D eigenvalue weighted by Gasteiger charge is -2.23. The lowest BCUT2D eigenvalue weighted by molar-refractivity contribution is -0.132. The molecule has 9 nitrogen and oxygen atoms in total. The number of hydrogen-bond donors (Lipinski definition) is 2. The van der Waals surface area contributed by atoms with Crippen molar-refractivity contribution in [2.45, 2.75) is 16.1 Å². The topological polar surface area (TPSA) is 122 Å². The largest absolute Gasteiger partial charge is 0.507 e. The lowest BCUT2D eigenvalue weighted by Crippen LogP contribution is -2.29. The van der Waals surface area contributed by atoms with E-state index in [0.717, 1.165) is 5.56 Å². The Hall–Kier alpha value is -4.35. The number of thioether (sulfide) groups is 1. The van der Waals surface area contributed by atoms with E-state index in [0.29, 0.717) is 27.0 Å². The fourth-order valence-corrected chi connectivity index (χ4v) is 6.01. The number of aliphatic hydroxyl groups excluding tert-OH is 1. The maximum absolute atomic E-state index is 13.4. The number of rotatable bonds is 8. The number of aliphatic hydroxyl groups is 1. The van der Waals surface area contributed by atoms with E-state index in [9.17, 15) is 19.8 Å². The van der Waals surface area contributed by atoms with Gasteiger partial charge in [0.2, 0.25) is 5.13 Å². The van der Waals surface area contributed by atoms with Gasteiger partial charge in [0.1, 0.15) is 11.5 Å². The molecule has 3 aromatic carbocycles. The molecule has 0 radical (unpaired) electrons. The van der Waals surface area contributed by atoms with Crippen LogP contribution in [-0.2, 0) is 15.3 Å². The van der Waals surface area contributed by atoms with Crippen molar-refractivity contribution in [3.63, 3.8) is 0 Å². The molecule has 2 heterocycles. The Morgan fingerprint density at radius 1 is 1.00 bits per heavy atom. The first-order chi connectivity index (χ1) is 18.9. The molecular weight excluding hydrogens is 538 g/mol. The number of ether oxygens (including phenoxy) is 2. The molecule has 1 aliphatic rings. The molecule has 1 fully saturated rings. The van der Waals surface area contributed by atoms with Gasteiger partial charge in [0, 0.05) is 11.3 Å². The van der Waals surface area contributed by atoms with E-state index < -0.39 is 17.7 Å². The zero-order valence-corrected chi connectivity index (χ0v) is 22.5. The highest BCUT2D eigenvalue weighted by atomic mass is 32.2. The zero-order chi connectivity index (χ0) is 27.5. The minimum Gasteiger partial charge on any atom is -0.507 e. The summed E-state index contributed by atoms with van der Waals surface area (Å²) < 4.78 is 11.1. The molecule has 0 bridgehead atoms. The molecule has 1 aliphatic heterocycles. The van der Waals surface area contributed by atoms with Crippen molar-refractivity contribution in [2.24, 2.45) is 0 Å². The van der Waals surface area contributed by atoms with Gasteiger partial charge < -0.3 is 19.7 Å². The molecule has 39 heavy (non-hydrogen) atoms. The predicted molar refractivity (Wildman–Crippen MR) is 148 cm³/mol. The van der Waals surface area contributed by atoms with Gasteiger partial charge in [-0.15, -0.1) is 10.2 Å². The number of phenols is 1. The van der Waals surface area contributed by atoms with Crippen LogP contribution in [0.2, 0.25) is 0 Å². The summed E-state index contributed by atoms with van der Waals surface area (Å²) in [5.41, 5.74) is 1.76. The molecule has 4 aromatic rings. The Balaban J connectivity index is 1.58. The third kappa shape index (κ3) is 5.18. The van der Waals surface area contributed by atoms with Gasteiger partial charge in [-0.3, -0.25) is 14.5 Å². The molecule has 1 saturated heterocycles. The summed E-state index contributed by atoms with van der Waals surface area (Å²) in [5.74, 6) is -0.792. The van der Waals surface area contributed by atoms with Crippen molar-refractivity contribution >= 4 is 45.7 Å². The quantitative estimate of drug-likeness (QED) is 0.0985. The normalized spacial score (nSPS) is 16.5. The summed E-state index contributed by atoms with van der Waals surface area (Å²) >= 11 is 2.64. The number of anilines is 1. The number of hydrogen-bond acceptors (Lipinski definition) is 10. The number of ketones is 1. The number of carbonyl (C=O) groups is 2. The molecule has 1 atom stereocenters. The molecule has 11 heteroatoms. The Kier molecular flexibility index (Phi) is 7.53. The van der Waals surface area contributed by atoms with Crippen LogP contribution in [0.15, 0.2) is 82.7 Å². The third-order valence-corrected chi connectivity index (χ3v) is 8.26. The average molecular weight is 562 g/mol. The second-order valence-electron chi connectivity index (χ2n) is 8.45. The van der Waals surface area contributed by atoms with Gasteiger partial charge in [-0.05, 0) is 47.5 Å². The summed E-state index contributed by atoms with van der Waals surface area (Å²) in [6.07, 6.45) is 0. The third-order valence-electron chi connectivity index (χ3n) is 6.13. The van der Waals surface area contributed by atoms with Crippen LogP contribution in [0.25, 0.3) is 5.76 Å². The Morgan fingerprint density at radius 3 is 2.44 bits per heavy atom. The van der Waals surface area contributed by atoms with Crippen LogP contribution in [0.1, 0.15) is 22.7 Å². The molecule has 5 rings (SSSR count). The summed E-state index contributed by atoms with van der Waals surface area (Å²) in [5, 5.41) is 30.1. The first-order valence-corrected chi connectivity index (χ1v) is 13.5. The molecule has 1 amide bonds. The molecule has 0 aliphatic carbocycles. The number of carbonyl (C=O) groups excluding carboxylic acids is 2. The van der Waals surface area contributed by atoms with E-state index in [4.69, 9.17) is 9.47 Å². The van der Waals surface area contributed by atoms with E-state index in [1.807, 2.05) is 30.3 Å². The number of benzene rings is 3. The number of Topliss-reactive ketones (excluding diaryl/α,β-unsaturated/α-hetero) is 1. The zero-order valence-electron chi connectivity index (χ0n) is 20.9.